The van der Waals surface area contributed by atoms with Crippen LogP contribution >= 0.6 is 12.4 Å². The summed E-state index contributed by atoms with van der Waals surface area (Å²) in [6, 6.07) is 18.3. The fraction of sp³-hybridized carbons (Fsp3) is 0.238. The predicted molar refractivity (Wildman–Crippen MR) is 113 cm³/mol. The molecule has 0 atom stereocenters. The third kappa shape index (κ3) is 4.10. The van der Waals surface area contributed by atoms with Gasteiger partial charge in [-0.2, -0.15) is 0 Å². The van der Waals surface area contributed by atoms with Crippen LogP contribution in [0.2, 0.25) is 0 Å². The van der Waals surface area contributed by atoms with E-state index in [0.717, 1.165) is 22.4 Å². The van der Waals surface area contributed by atoms with Crippen molar-refractivity contribution in [2.45, 2.75) is 31.2 Å². The highest BCUT2D eigenvalue weighted by Crippen LogP contribution is 2.36. The Morgan fingerprint density at radius 3 is 2.04 bits per heavy atom. The molecule has 0 saturated heterocycles. The predicted octanol–water partition coefficient (Wildman–Crippen LogP) is 4.66. The minimum Gasteiger partial charge on any atom is -0.316 e. The summed E-state index contributed by atoms with van der Waals surface area (Å²) in [6.45, 7) is 4.81. The van der Waals surface area contributed by atoms with Crippen LogP contribution in [0.3, 0.4) is 0 Å². The Kier molecular flexibility index (Phi) is 6.87. The fourth-order valence-corrected chi connectivity index (χ4v) is 4.73. The molecule has 2 aromatic carbocycles. The molecule has 3 rings (SSSR count). The van der Waals surface area contributed by atoms with Crippen LogP contribution in [0.25, 0.3) is 11.3 Å². The number of hydrogen-bond acceptors (Lipinski definition) is 3. The van der Waals surface area contributed by atoms with Crippen LogP contribution in [0.15, 0.2) is 71.8 Å². The molecule has 144 valence electrons. The normalized spacial score (nSPS) is 11.4. The van der Waals surface area contributed by atoms with E-state index < -0.39 is 10.0 Å². The molecule has 4 nitrogen and oxygen atoms in total. The molecule has 0 aliphatic carbocycles. The highest BCUT2D eigenvalue weighted by molar-refractivity contribution is 7.90. The Hall–Kier alpha value is -2.08. The van der Waals surface area contributed by atoms with Crippen molar-refractivity contribution in [3.63, 3.8) is 0 Å². The van der Waals surface area contributed by atoms with E-state index in [1.807, 2.05) is 43.4 Å². The van der Waals surface area contributed by atoms with Crippen molar-refractivity contribution in [1.29, 1.82) is 0 Å². The van der Waals surface area contributed by atoms with Gasteiger partial charge in [-0.15, -0.1) is 12.4 Å². The third-order valence-electron chi connectivity index (χ3n) is 4.39. The summed E-state index contributed by atoms with van der Waals surface area (Å²) in [7, 11) is -1.81. The van der Waals surface area contributed by atoms with Crippen molar-refractivity contribution in [3.8, 4) is 11.3 Å². The van der Waals surface area contributed by atoms with Gasteiger partial charge >= 0.3 is 0 Å². The lowest BCUT2D eigenvalue weighted by atomic mass is 9.95. The second-order valence-electron chi connectivity index (χ2n) is 6.58. The SMILES string of the molecule is CNCc1cn(S(=O)(=O)c2ccccc2)c(-c2ccccc2)c1C(C)C.Cl. The highest BCUT2D eigenvalue weighted by atomic mass is 35.5. The van der Waals surface area contributed by atoms with Gasteiger partial charge in [-0.1, -0.05) is 62.4 Å². The number of aromatic nitrogens is 1. The molecule has 0 spiro atoms. The number of benzene rings is 2. The van der Waals surface area contributed by atoms with Crippen LogP contribution in [0, 0.1) is 0 Å². The average Bonchev–Trinajstić information content (AvgIpc) is 3.04. The van der Waals surface area contributed by atoms with Gasteiger partial charge in [0.25, 0.3) is 10.0 Å². The van der Waals surface area contributed by atoms with E-state index in [2.05, 4.69) is 19.2 Å². The summed E-state index contributed by atoms with van der Waals surface area (Å²) in [6.07, 6.45) is 1.76. The van der Waals surface area contributed by atoms with Gasteiger partial charge in [0.05, 0.1) is 10.6 Å². The Labute approximate surface area is 167 Å². The molecular formula is C21H25ClN2O2S. The molecular weight excluding hydrogens is 380 g/mol. The van der Waals surface area contributed by atoms with E-state index in [-0.39, 0.29) is 18.3 Å². The lowest BCUT2D eigenvalue weighted by Gasteiger charge is -2.15. The first-order valence-electron chi connectivity index (χ1n) is 8.71. The zero-order valence-electron chi connectivity index (χ0n) is 15.7. The third-order valence-corrected chi connectivity index (χ3v) is 6.06. The molecule has 6 heteroatoms. The van der Waals surface area contributed by atoms with Crippen LogP contribution < -0.4 is 5.32 Å². The molecule has 3 aromatic rings. The van der Waals surface area contributed by atoms with Crippen molar-refractivity contribution < 1.29 is 8.42 Å². The molecule has 1 aromatic heterocycles. The maximum absolute atomic E-state index is 13.4. The van der Waals surface area contributed by atoms with Crippen molar-refractivity contribution in [3.05, 3.63) is 78.0 Å². The molecule has 27 heavy (non-hydrogen) atoms. The Balaban J connectivity index is 0.00000261. The van der Waals surface area contributed by atoms with Gasteiger partial charge in [-0.3, -0.25) is 0 Å². The van der Waals surface area contributed by atoms with Gasteiger partial charge in [0.2, 0.25) is 0 Å². The largest absolute Gasteiger partial charge is 0.316 e. The molecule has 0 amide bonds. The minimum absolute atomic E-state index is 0. The summed E-state index contributed by atoms with van der Waals surface area (Å²) in [4.78, 5) is 0.290. The average molecular weight is 405 g/mol. The van der Waals surface area contributed by atoms with E-state index in [1.54, 1.807) is 30.5 Å². The van der Waals surface area contributed by atoms with E-state index in [9.17, 15) is 8.42 Å². The summed E-state index contributed by atoms with van der Waals surface area (Å²) < 4.78 is 28.2. The lowest BCUT2D eigenvalue weighted by molar-refractivity contribution is 0.588. The Bertz CT molecular complexity index is 982. The van der Waals surface area contributed by atoms with Crippen LogP contribution in [-0.2, 0) is 16.6 Å². The summed E-state index contributed by atoms with van der Waals surface area (Å²) >= 11 is 0. The topological polar surface area (TPSA) is 51.1 Å². The zero-order valence-corrected chi connectivity index (χ0v) is 17.3. The maximum Gasteiger partial charge on any atom is 0.268 e. The van der Waals surface area contributed by atoms with Gasteiger partial charge in [0.15, 0.2) is 0 Å². The van der Waals surface area contributed by atoms with E-state index in [0.29, 0.717) is 11.4 Å². The van der Waals surface area contributed by atoms with Crippen molar-refractivity contribution in [2.24, 2.45) is 0 Å². The van der Waals surface area contributed by atoms with E-state index in [4.69, 9.17) is 0 Å². The molecule has 0 saturated carbocycles. The first-order chi connectivity index (χ1) is 12.5. The van der Waals surface area contributed by atoms with Crippen LogP contribution in [0.1, 0.15) is 30.9 Å². The highest BCUT2D eigenvalue weighted by Gasteiger charge is 2.26. The van der Waals surface area contributed by atoms with Crippen LogP contribution in [0.5, 0.6) is 0 Å². The second kappa shape index (κ2) is 8.74. The van der Waals surface area contributed by atoms with E-state index >= 15 is 0 Å². The van der Waals surface area contributed by atoms with Crippen molar-refractivity contribution in [1.82, 2.24) is 9.29 Å². The summed E-state index contributed by atoms with van der Waals surface area (Å²) in [5.74, 6) is 0.195. The van der Waals surface area contributed by atoms with Gasteiger partial charge in [0.1, 0.15) is 0 Å². The molecule has 1 N–H and O–H groups in total. The van der Waals surface area contributed by atoms with Gasteiger partial charge in [0, 0.05) is 12.7 Å². The van der Waals surface area contributed by atoms with Crippen molar-refractivity contribution >= 4 is 22.4 Å². The number of halogens is 1. The molecule has 0 aliphatic rings. The number of nitrogens with one attached hydrogen (secondary N) is 1. The van der Waals surface area contributed by atoms with E-state index in [1.165, 1.54) is 3.97 Å². The first kappa shape index (κ1) is 21.2. The monoisotopic (exact) mass is 404 g/mol. The van der Waals surface area contributed by atoms with Gasteiger partial charge in [-0.05, 0) is 41.8 Å². The maximum atomic E-state index is 13.4. The number of nitrogens with zero attached hydrogens (tertiary/aromatic N) is 1. The quantitative estimate of drug-likeness (QED) is 0.650. The second-order valence-corrected chi connectivity index (χ2v) is 8.40. The molecule has 0 aliphatic heterocycles. The van der Waals surface area contributed by atoms with Gasteiger partial charge in [-0.25, -0.2) is 12.4 Å². The molecule has 0 unspecified atom stereocenters. The Morgan fingerprint density at radius 1 is 0.963 bits per heavy atom. The van der Waals surface area contributed by atoms with Crippen LogP contribution in [-0.4, -0.2) is 19.4 Å². The molecule has 0 bridgehead atoms. The first-order valence-corrected chi connectivity index (χ1v) is 10.2. The molecule has 1 heterocycles. The number of hydrogen-bond donors (Lipinski definition) is 1. The van der Waals surface area contributed by atoms with Crippen molar-refractivity contribution in [2.75, 3.05) is 7.05 Å². The van der Waals surface area contributed by atoms with Crippen LogP contribution in [0.4, 0.5) is 0 Å². The minimum atomic E-state index is -3.68. The lowest BCUT2D eigenvalue weighted by Crippen LogP contribution is -2.13. The smallest absolute Gasteiger partial charge is 0.268 e. The fourth-order valence-electron chi connectivity index (χ4n) is 3.30. The summed E-state index contributed by atoms with van der Waals surface area (Å²) in [5, 5.41) is 3.15. The standard InChI is InChI=1S/C21H24N2O2S.ClH/c1-16(2)20-18(14-22-3)15-23(21(20)17-10-6-4-7-11-17)26(24,25)19-12-8-5-9-13-19;/h4-13,15-16,22H,14H2,1-3H3;1H. The Morgan fingerprint density at radius 2 is 1.52 bits per heavy atom. The summed E-state index contributed by atoms with van der Waals surface area (Å²) in [5.41, 5.74) is 3.71. The zero-order chi connectivity index (χ0) is 18.7. The molecule has 0 fully saturated rings. The molecule has 0 radical (unpaired) electrons. The number of rotatable bonds is 6. The van der Waals surface area contributed by atoms with Gasteiger partial charge < -0.3 is 5.32 Å².